The third-order valence-electron chi connectivity index (χ3n) is 7.10. The van der Waals surface area contributed by atoms with E-state index in [-0.39, 0.29) is 18.3 Å². The van der Waals surface area contributed by atoms with Gasteiger partial charge in [0, 0.05) is 10.8 Å². The molecule has 0 atom stereocenters. The largest absolute Gasteiger partial charge is 0.494 e. The second-order valence-electron chi connectivity index (χ2n) is 9.93. The fourth-order valence-electron chi connectivity index (χ4n) is 4.73. The number of benzene rings is 3. The van der Waals surface area contributed by atoms with Gasteiger partial charge in [-0.25, -0.2) is 0 Å². The minimum atomic E-state index is -0.381. The first kappa shape index (κ1) is 19.0. The van der Waals surface area contributed by atoms with Crippen LogP contribution in [0.15, 0.2) is 48.5 Å². The van der Waals surface area contributed by atoms with Crippen LogP contribution in [0.1, 0.15) is 38.8 Å². The summed E-state index contributed by atoms with van der Waals surface area (Å²) < 4.78 is 21.3. The van der Waals surface area contributed by atoms with Crippen LogP contribution in [0, 0.1) is 13.8 Å². The first-order valence-corrected chi connectivity index (χ1v) is 10.9. The van der Waals surface area contributed by atoms with Gasteiger partial charge in [-0.05, 0) is 88.5 Å². The Bertz CT molecular complexity index is 1380. The number of nitrogens with zero attached hydrogens (tertiary/aromatic N) is 1. The molecule has 0 aliphatic carbocycles. The predicted octanol–water partition coefficient (Wildman–Crippen LogP) is 5.81. The number of hydrogen-bond acceptors (Lipinski definition) is 3. The minimum Gasteiger partial charge on any atom is -0.453 e. The van der Waals surface area contributed by atoms with Gasteiger partial charge in [-0.3, -0.25) is 0 Å². The second kappa shape index (κ2) is 5.93. The minimum absolute atomic E-state index is 0.363. The Morgan fingerprint density at radius 3 is 2.19 bits per heavy atom. The number of aryl methyl sites for hydroxylation is 2. The normalized spacial score (nSPS) is 18.5. The van der Waals surface area contributed by atoms with Gasteiger partial charge in [-0.2, -0.15) is 0 Å². The molecule has 3 aromatic carbocycles. The molecule has 3 heterocycles. The van der Waals surface area contributed by atoms with Crippen LogP contribution < -0.4 is 10.2 Å². The van der Waals surface area contributed by atoms with Crippen molar-refractivity contribution in [3.8, 4) is 17.2 Å². The quantitative estimate of drug-likeness (QED) is 0.327. The van der Waals surface area contributed by atoms with E-state index in [1.807, 2.05) is 0 Å². The van der Waals surface area contributed by atoms with E-state index in [4.69, 9.17) is 14.0 Å². The van der Waals surface area contributed by atoms with E-state index in [0.29, 0.717) is 0 Å². The Balaban J connectivity index is 1.61. The summed E-state index contributed by atoms with van der Waals surface area (Å²) in [5.41, 5.74) is 6.03. The highest BCUT2D eigenvalue weighted by Gasteiger charge is 2.51. The zero-order valence-corrected chi connectivity index (χ0v) is 18.9. The average Bonchev–Trinajstić information content (AvgIpc) is 3.12. The number of aromatic nitrogens is 1. The van der Waals surface area contributed by atoms with Gasteiger partial charge in [-0.1, -0.05) is 18.2 Å². The molecule has 1 aromatic heterocycles. The highest BCUT2D eigenvalue weighted by molar-refractivity contribution is 6.62. The molecule has 2 aliphatic rings. The van der Waals surface area contributed by atoms with Crippen LogP contribution in [0.2, 0.25) is 0 Å². The lowest BCUT2D eigenvalue weighted by atomic mass is 9.78. The van der Waals surface area contributed by atoms with Crippen molar-refractivity contribution < 1.29 is 14.0 Å². The summed E-state index contributed by atoms with van der Waals surface area (Å²) in [6, 6.07) is 17.3. The first-order chi connectivity index (χ1) is 14.6. The molecule has 4 aromatic rings. The molecular formula is C26H26BNO3. The molecule has 0 spiro atoms. The molecule has 0 N–H and O–H groups in total. The number of ether oxygens (including phenoxy) is 1. The molecule has 0 bridgehead atoms. The zero-order valence-electron chi connectivity index (χ0n) is 18.9. The van der Waals surface area contributed by atoms with Crippen molar-refractivity contribution in [3.63, 3.8) is 0 Å². The Kier molecular flexibility index (Phi) is 3.63. The van der Waals surface area contributed by atoms with Gasteiger partial charge in [0.25, 0.3) is 0 Å². The summed E-state index contributed by atoms with van der Waals surface area (Å²) in [6.45, 7) is 12.6. The lowest BCUT2D eigenvalue weighted by Gasteiger charge is -2.32. The van der Waals surface area contributed by atoms with Gasteiger partial charge in [0.1, 0.15) is 0 Å². The van der Waals surface area contributed by atoms with Crippen LogP contribution in [0.25, 0.3) is 27.5 Å². The molecule has 1 fully saturated rings. The van der Waals surface area contributed by atoms with Gasteiger partial charge in [-0.15, -0.1) is 0 Å². The maximum Gasteiger partial charge on any atom is 0.494 e. The van der Waals surface area contributed by atoms with Crippen LogP contribution in [-0.4, -0.2) is 22.9 Å². The summed E-state index contributed by atoms with van der Waals surface area (Å²) in [4.78, 5) is 0. The van der Waals surface area contributed by atoms with E-state index >= 15 is 0 Å². The maximum absolute atomic E-state index is 6.36. The summed E-state index contributed by atoms with van der Waals surface area (Å²) in [7, 11) is -0.381. The van der Waals surface area contributed by atoms with Gasteiger partial charge in [0.05, 0.1) is 27.9 Å². The SMILES string of the molecule is Cc1ccc2c(c1)Oc1cc(C)cc3c4cc(B5OC(C)(C)C(C)(C)O5)ccc4n-2c13. The van der Waals surface area contributed by atoms with E-state index in [2.05, 4.69) is 94.6 Å². The number of hydrogen-bond donors (Lipinski definition) is 0. The Morgan fingerprint density at radius 2 is 1.45 bits per heavy atom. The molecule has 0 unspecified atom stereocenters. The monoisotopic (exact) mass is 411 g/mol. The topological polar surface area (TPSA) is 32.6 Å². The van der Waals surface area contributed by atoms with E-state index in [1.54, 1.807) is 0 Å². The molecule has 0 amide bonds. The van der Waals surface area contributed by atoms with Crippen LogP contribution >= 0.6 is 0 Å². The third-order valence-corrected chi connectivity index (χ3v) is 7.10. The van der Waals surface area contributed by atoms with Crippen molar-refractivity contribution in [2.24, 2.45) is 0 Å². The fraction of sp³-hybridized carbons (Fsp3) is 0.308. The Labute approximate surface area is 182 Å². The molecule has 1 saturated heterocycles. The van der Waals surface area contributed by atoms with Crippen molar-refractivity contribution in [1.82, 2.24) is 4.57 Å². The third kappa shape index (κ3) is 2.57. The van der Waals surface area contributed by atoms with E-state index in [0.717, 1.165) is 33.7 Å². The lowest BCUT2D eigenvalue weighted by molar-refractivity contribution is 0.00578. The van der Waals surface area contributed by atoms with Gasteiger partial charge in [0.15, 0.2) is 11.5 Å². The molecule has 4 nitrogen and oxygen atoms in total. The summed E-state index contributed by atoms with van der Waals surface area (Å²) in [6.07, 6.45) is 0. The second-order valence-corrected chi connectivity index (χ2v) is 9.93. The summed E-state index contributed by atoms with van der Waals surface area (Å²) in [5, 5.41) is 2.37. The molecule has 0 saturated carbocycles. The predicted molar refractivity (Wildman–Crippen MR) is 126 cm³/mol. The van der Waals surface area contributed by atoms with Crippen molar-refractivity contribution in [2.75, 3.05) is 0 Å². The molecule has 6 rings (SSSR count). The molecular weight excluding hydrogens is 385 g/mol. The van der Waals surface area contributed by atoms with Crippen LogP contribution in [0.5, 0.6) is 11.5 Å². The molecule has 31 heavy (non-hydrogen) atoms. The maximum atomic E-state index is 6.36. The van der Waals surface area contributed by atoms with E-state index < -0.39 is 0 Å². The Hall–Kier alpha value is -2.76. The molecule has 5 heteroatoms. The standard InChI is InChI=1S/C26H26BNO3/c1-15-7-9-21-22(12-15)29-23-13-16(2)11-19-18-14-17(8-10-20(18)28(21)24(19)23)27-30-25(3,4)26(5,6)31-27/h7-14H,1-6H3. The van der Waals surface area contributed by atoms with E-state index in [1.165, 1.54) is 21.9 Å². The number of fused-ring (bicyclic) bond motifs is 5. The molecule has 156 valence electrons. The highest BCUT2D eigenvalue weighted by atomic mass is 16.7. The van der Waals surface area contributed by atoms with Crippen LogP contribution in [0.3, 0.4) is 0 Å². The summed E-state index contributed by atoms with van der Waals surface area (Å²) >= 11 is 0. The van der Waals surface area contributed by atoms with Crippen LogP contribution in [-0.2, 0) is 9.31 Å². The zero-order chi connectivity index (χ0) is 21.7. The Morgan fingerprint density at radius 1 is 0.742 bits per heavy atom. The fourth-order valence-corrected chi connectivity index (χ4v) is 4.73. The summed E-state index contributed by atoms with van der Waals surface area (Å²) in [5.74, 6) is 1.80. The van der Waals surface area contributed by atoms with Crippen LogP contribution in [0.4, 0.5) is 0 Å². The highest BCUT2D eigenvalue weighted by Crippen LogP contribution is 2.46. The van der Waals surface area contributed by atoms with Crippen molar-refractivity contribution in [2.45, 2.75) is 52.7 Å². The van der Waals surface area contributed by atoms with Crippen molar-refractivity contribution in [1.29, 1.82) is 0 Å². The van der Waals surface area contributed by atoms with Crippen molar-refractivity contribution >= 4 is 34.4 Å². The van der Waals surface area contributed by atoms with E-state index in [9.17, 15) is 0 Å². The average molecular weight is 411 g/mol. The first-order valence-electron chi connectivity index (χ1n) is 10.9. The van der Waals surface area contributed by atoms with Gasteiger partial charge < -0.3 is 18.6 Å². The smallest absolute Gasteiger partial charge is 0.453 e. The van der Waals surface area contributed by atoms with Gasteiger partial charge >= 0.3 is 7.12 Å². The lowest BCUT2D eigenvalue weighted by Crippen LogP contribution is -2.41. The number of rotatable bonds is 1. The van der Waals surface area contributed by atoms with Crippen molar-refractivity contribution in [3.05, 3.63) is 59.7 Å². The molecule has 2 aliphatic heterocycles. The molecule has 0 radical (unpaired) electrons. The van der Waals surface area contributed by atoms with Gasteiger partial charge in [0.2, 0.25) is 0 Å².